The number of aromatic nitrogens is 1. The van der Waals surface area contributed by atoms with Gasteiger partial charge in [-0.05, 0) is 24.8 Å². The van der Waals surface area contributed by atoms with Crippen LogP contribution in [0, 0.1) is 0 Å². The molecule has 0 atom stereocenters. The monoisotopic (exact) mass is 193 g/mol. The van der Waals surface area contributed by atoms with Crippen molar-refractivity contribution in [2.24, 2.45) is 0 Å². The summed E-state index contributed by atoms with van der Waals surface area (Å²) in [5.74, 6) is 0.259. The second-order valence-corrected chi connectivity index (χ2v) is 3.79. The zero-order valence-corrected chi connectivity index (χ0v) is 8.20. The number of fused-ring (bicyclic) bond motifs is 1. The summed E-state index contributed by atoms with van der Waals surface area (Å²) in [7, 11) is 0. The normalized spacial score (nSPS) is 16.5. The molecule has 1 heterocycles. The predicted octanol–water partition coefficient (Wildman–Crippen LogP) is 1.39. The van der Waals surface area contributed by atoms with Crippen LogP contribution in [0.4, 0.5) is 0 Å². The first-order valence-corrected chi connectivity index (χ1v) is 5.14. The number of aryl methyl sites for hydroxylation is 1. The smallest absolute Gasteiger partial charge is 0.164 e. The third-order valence-electron chi connectivity index (χ3n) is 2.72. The molecule has 1 N–H and O–H groups in total. The van der Waals surface area contributed by atoms with Crippen molar-refractivity contribution in [2.45, 2.75) is 32.2 Å². The van der Waals surface area contributed by atoms with E-state index in [-0.39, 0.29) is 12.4 Å². The van der Waals surface area contributed by atoms with E-state index in [1.807, 2.05) is 17.0 Å². The first kappa shape index (κ1) is 9.46. The lowest BCUT2D eigenvalue weighted by atomic mass is 10.1. The fourth-order valence-electron chi connectivity index (χ4n) is 1.99. The number of nitrogens with zero attached hydrogens (tertiary/aromatic N) is 1. The lowest BCUT2D eigenvalue weighted by Crippen LogP contribution is -2.00. The fourth-order valence-corrected chi connectivity index (χ4v) is 1.99. The van der Waals surface area contributed by atoms with Crippen LogP contribution in [0.5, 0.6) is 0 Å². The molecule has 0 saturated carbocycles. The molecule has 1 aromatic rings. The van der Waals surface area contributed by atoms with E-state index in [0.717, 1.165) is 30.4 Å². The number of aliphatic hydroxyl groups is 1. The molecule has 0 aliphatic heterocycles. The molecule has 1 aliphatic rings. The molecule has 0 fully saturated rings. The van der Waals surface area contributed by atoms with E-state index in [4.69, 9.17) is 5.11 Å². The van der Waals surface area contributed by atoms with Crippen LogP contribution in [-0.4, -0.2) is 22.1 Å². The second kappa shape index (κ2) is 3.96. The van der Waals surface area contributed by atoms with Crippen LogP contribution in [-0.2, 0) is 13.0 Å². The Labute approximate surface area is 83.4 Å². The highest BCUT2D eigenvalue weighted by Crippen LogP contribution is 2.21. The Balaban J connectivity index is 2.29. The molecule has 0 saturated heterocycles. The van der Waals surface area contributed by atoms with Crippen LogP contribution in [0.3, 0.4) is 0 Å². The van der Waals surface area contributed by atoms with Gasteiger partial charge in [0.25, 0.3) is 0 Å². The number of aliphatic hydroxyl groups excluding tert-OH is 1. The van der Waals surface area contributed by atoms with Crippen LogP contribution in [0.25, 0.3) is 0 Å². The molecule has 0 radical (unpaired) electrons. The SMILES string of the molecule is O=C1CCCCc2cn(CCO)cc21. The molecule has 0 bridgehead atoms. The number of hydrogen-bond acceptors (Lipinski definition) is 2. The molecule has 1 aromatic heterocycles. The fraction of sp³-hybridized carbons (Fsp3) is 0.545. The maximum Gasteiger partial charge on any atom is 0.164 e. The van der Waals surface area contributed by atoms with Gasteiger partial charge in [0.15, 0.2) is 5.78 Å². The van der Waals surface area contributed by atoms with E-state index >= 15 is 0 Å². The number of Topliss-reactive ketones (excluding diaryl/α,β-unsaturated/α-hetero) is 1. The zero-order valence-electron chi connectivity index (χ0n) is 8.20. The van der Waals surface area contributed by atoms with Crippen LogP contribution in [0.15, 0.2) is 12.4 Å². The number of ketones is 1. The van der Waals surface area contributed by atoms with Gasteiger partial charge in [0, 0.05) is 30.9 Å². The van der Waals surface area contributed by atoms with E-state index < -0.39 is 0 Å². The highest BCUT2D eigenvalue weighted by atomic mass is 16.3. The Hall–Kier alpha value is -1.09. The molecule has 2 rings (SSSR count). The standard InChI is InChI=1S/C11H15NO2/c13-6-5-12-7-9-3-1-2-4-11(14)10(9)8-12/h7-8,13H,1-6H2. The number of rotatable bonds is 2. The van der Waals surface area contributed by atoms with Crippen molar-refractivity contribution >= 4 is 5.78 Å². The van der Waals surface area contributed by atoms with Crippen LogP contribution in [0.2, 0.25) is 0 Å². The summed E-state index contributed by atoms with van der Waals surface area (Å²) in [6, 6.07) is 0. The van der Waals surface area contributed by atoms with E-state index in [9.17, 15) is 4.79 Å². The van der Waals surface area contributed by atoms with Crippen molar-refractivity contribution in [3.8, 4) is 0 Å². The van der Waals surface area contributed by atoms with Gasteiger partial charge < -0.3 is 9.67 Å². The summed E-state index contributed by atoms with van der Waals surface area (Å²) in [4.78, 5) is 11.6. The van der Waals surface area contributed by atoms with Crippen molar-refractivity contribution < 1.29 is 9.90 Å². The maximum absolute atomic E-state index is 11.6. The van der Waals surface area contributed by atoms with Crippen molar-refractivity contribution in [3.05, 3.63) is 23.5 Å². The van der Waals surface area contributed by atoms with E-state index in [2.05, 4.69) is 0 Å². The minimum absolute atomic E-state index is 0.127. The molecular formula is C11H15NO2. The molecule has 0 aromatic carbocycles. The molecule has 0 unspecified atom stereocenters. The highest BCUT2D eigenvalue weighted by molar-refractivity contribution is 5.97. The predicted molar refractivity (Wildman–Crippen MR) is 53.4 cm³/mol. The third-order valence-corrected chi connectivity index (χ3v) is 2.72. The first-order valence-electron chi connectivity index (χ1n) is 5.14. The lowest BCUT2D eigenvalue weighted by molar-refractivity contribution is 0.0982. The Morgan fingerprint density at radius 2 is 2.07 bits per heavy atom. The lowest BCUT2D eigenvalue weighted by Gasteiger charge is -1.97. The van der Waals surface area contributed by atoms with Gasteiger partial charge in [-0.3, -0.25) is 4.79 Å². The van der Waals surface area contributed by atoms with Gasteiger partial charge in [0.2, 0.25) is 0 Å². The highest BCUT2D eigenvalue weighted by Gasteiger charge is 2.17. The van der Waals surface area contributed by atoms with E-state index in [1.165, 1.54) is 0 Å². The van der Waals surface area contributed by atoms with Gasteiger partial charge in [-0.25, -0.2) is 0 Å². The van der Waals surface area contributed by atoms with Crippen molar-refractivity contribution in [1.29, 1.82) is 0 Å². The minimum Gasteiger partial charge on any atom is -0.395 e. The average molecular weight is 193 g/mol. The van der Waals surface area contributed by atoms with Crippen molar-refractivity contribution in [3.63, 3.8) is 0 Å². The molecule has 3 heteroatoms. The molecule has 0 amide bonds. The average Bonchev–Trinajstić information content (AvgIpc) is 2.49. The molecule has 1 aliphatic carbocycles. The summed E-state index contributed by atoms with van der Waals surface area (Å²) >= 11 is 0. The molecular weight excluding hydrogens is 178 g/mol. The van der Waals surface area contributed by atoms with Crippen molar-refractivity contribution in [2.75, 3.05) is 6.61 Å². The Kier molecular flexibility index (Phi) is 2.68. The largest absolute Gasteiger partial charge is 0.395 e. The first-order chi connectivity index (χ1) is 6.81. The van der Waals surface area contributed by atoms with Crippen LogP contribution in [0.1, 0.15) is 35.2 Å². The zero-order chi connectivity index (χ0) is 9.97. The van der Waals surface area contributed by atoms with Gasteiger partial charge in [-0.2, -0.15) is 0 Å². The molecule has 3 nitrogen and oxygen atoms in total. The quantitative estimate of drug-likeness (QED) is 0.721. The Morgan fingerprint density at radius 3 is 2.86 bits per heavy atom. The number of carbonyl (C=O) groups is 1. The minimum atomic E-state index is 0.127. The van der Waals surface area contributed by atoms with Gasteiger partial charge in [0.1, 0.15) is 0 Å². The van der Waals surface area contributed by atoms with Gasteiger partial charge >= 0.3 is 0 Å². The molecule has 14 heavy (non-hydrogen) atoms. The second-order valence-electron chi connectivity index (χ2n) is 3.79. The van der Waals surface area contributed by atoms with E-state index in [1.54, 1.807) is 0 Å². The summed E-state index contributed by atoms with van der Waals surface area (Å²) in [6.07, 6.45) is 7.65. The topological polar surface area (TPSA) is 42.2 Å². The van der Waals surface area contributed by atoms with Crippen LogP contribution >= 0.6 is 0 Å². The summed E-state index contributed by atoms with van der Waals surface area (Å²) in [6.45, 7) is 0.710. The number of hydrogen-bond donors (Lipinski definition) is 1. The third kappa shape index (κ3) is 1.73. The van der Waals surface area contributed by atoms with Gasteiger partial charge in [-0.15, -0.1) is 0 Å². The summed E-state index contributed by atoms with van der Waals surface area (Å²) in [5.41, 5.74) is 2.02. The summed E-state index contributed by atoms with van der Waals surface area (Å²) in [5, 5.41) is 8.80. The van der Waals surface area contributed by atoms with E-state index in [0.29, 0.717) is 13.0 Å². The number of carbonyl (C=O) groups excluding carboxylic acids is 1. The van der Waals surface area contributed by atoms with Crippen molar-refractivity contribution in [1.82, 2.24) is 4.57 Å². The Bertz CT molecular complexity index is 341. The maximum atomic E-state index is 11.6. The van der Waals surface area contributed by atoms with Crippen LogP contribution < -0.4 is 0 Å². The molecule has 76 valence electrons. The van der Waals surface area contributed by atoms with Gasteiger partial charge in [-0.1, -0.05) is 0 Å². The molecule has 0 spiro atoms. The Morgan fingerprint density at radius 1 is 1.29 bits per heavy atom. The van der Waals surface area contributed by atoms with Gasteiger partial charge in [0.05, 0.1) is 6.61 Å². The summed E-state index contributed by atoms with van der Waals surface area (Å²) < 4.78 is 1.91.